The number of ketones is 1. The SMILES string of the molecule is COc1cccc(OC)c1C(=O)c1[nH]c(-c2ccc(C)cc2)cc1-c1ccc(C)cc1. The Morgan fingerprint density at radius 2 is 1.26 bits per heavy atom. The van der Waals surface area contributed by atoms with Crippen LogP contribution in [0.15, 0.2) is 72.8 Å². The summed E-state index contributed by atoms with van der Waals surface area (Å²) in [6, 6.07) is 23.8. The minimum absolute atomic E-state index is 0.178. The van der Waals surface area contributed by atoms with E-state index < -0.39 is 0 Å². The van der Waals surface area contributed by atoms with Crippen molar-refractivity contribution in [3.05, 3.63) is 95.2 Å². The average Bonchev–Trinajstić information content (AvgIpc) is 3.24. The summed E-state index contributed by atoms with van der Waals surface area (Å²) in [4.78, 5) is 17.1. The highest BCUT2D eigenvalue weighted by Crippen LogP contribution is 2.36. The molecule has 0 saturated heterocycles. The Kier molecular flexibility index (Phi) is 5.63. The van der Waals surface area contributed by atoms with E-state index in [2.05, 4.69) is 36.2 Å². The van der Waals surface area contributed by atoms with Gasteiger partial charge < -0.3 is 14.5 Å². The van der Waals surface area contributed by atoms with Crippen LogP contribution in [0.3, 0.4) is 0 Å². The van der Waals surface area contributed by atoms with Gasteiger partial charge in [-0.15, -0.1) is 0 Å². The lowest BCUT2D eigenvalue weighted by atomic mass is 9.98. The van der Waals surface area contributed by atoms with E-state index in [9.17, 15) is 4.79 Å². The molecular formula is C27H25NO3. The minimum Gasteiger partial charge on any atom is -0.496 e. The second-order valence-corrected chi connectivity index (χ2v) is 7.57. The number of hydrogen-bond donors (Lipinski definition) is 1. The molecule has 0 aliphatic heterocycles. The smallest absolute Gasteiger partial charge is 0.217 e. The summed E-state index contributed by atoms with van der Waals surface area (Å²) in [6.45, 7) is 4.10. The summed E-state index contributed by atoms with van der Waals surface area (Å²) in [7, 11) is 3.11. The summed E-state index contributed by atoms with van der Waals surface area (Å²) < 4.78 is 11.0. The average molecular weight is 412 g/mol. The van der Waals surface area contributed by atoms with Crippen molar-refractivity contribution in [3.8, 4) is 33.9 Å². The van der Waals surface area contributed by atoms with Crippen LogP contribution >= 0.6 is 0 Å². The first kappa shape index (κ1) is 20.5. The predicted molar refractivity (Wildman–Crippen MR) is 124 cm³/mol. The van der Waals surface area contributed by atoms with Gasteiger partial charge in [0.05, 0.1) is 19.9 Å². The second kappa shape index (κ2) is 8.52. The molecule has 3 aromatic carbocycles. The molecule has 156 valence electrons. The van der Waals surface area contributed by atoms with Gasteiger partial charge >= 0.3 is 0 Å². The molecule has 0 radical (unpaired) electrons. The number of aryl methyl sites for hydroxylation is 2. The van der Waals surface area contributed by atoms with Gasteiger partial charge in [0.2, 0.25) is 5.78 Å². The van der Waals surface area contributed by atoms with Crippen LogP contribution in [-0.2, 0) is 0 Å². The van der Waals surface area contributed by atoms with Gasteiger partial charge in [-0.3, -0.25) is 4.79 Å². The van der Waals surface area contributed by atoms with Gasteiger partial charge in [-0.2, -0.15) is 0 Å². The number of rotatable bonds is 6. The Hall–Kier alpha value is -3.79. The Balaban J connectivity index is 1.91. The zero-order valence-corrected chi connectivity index (χ0v) is 18.2. The molecule has 4 rings (SSSR count). The minimum atomic E-state index is -0.178. The molecule has 0 aliphatic rings. The summed E-state index contributed by atoms with van der Waals surface area (Å²) in [5.41, 5.74) is 6.96. The number of benzene rings is 3. The number of H-pyrrole nitrogens is 1. The van der Waals surface area contributed by atoms with Crippen molar-refractivity contribution in [1.29, 1.82) is 0 Å². The highest BCUT2D eigenvalue weighted by molar-refractivity contribution is 6.15. The largest absolute Gasteiger partial charge is 0.496 e. The fourth-order valence-corrected chi connectivity index (χ4v) is 3.68. The topological polar surface area (TPSA) is 51.3 Å². The van der Waals surface area contributed by atoms with E-state index >= 15 is 0 Å². The molecule has 0 spiro atoms. The van der Waals surface area contributed by atoms with E-state index in [0.717, 1.165) is 27.9 Å². The molecule has 1 N–H and O–H groups in total. The van der Waals surface area contributed by atoms with Crippen LogP contribution in [0.4, 0.5) is 0 Å². The third kappa shape index (κ3) is 3.97. The Labute approximate surface area is 182 Å². The van der Waals surface area contributed by atoms with Crippen LogP contribution in [0.1, 0.15) is 27.2 Å². The van der Waals surface area contributed by atoms with E-state index in [4.69, 9.17) is 9.47 Å². The lowest BCUT2D eigenvalue weighted by Gasteiger charge is -2.12. The van der Waals surface area contributed by atoms with Gasteiger partial charge in [0.25, 0.3) is 0 Å². The molecule has 1 heterocycles. The molecule has 0 atom stereocenters. The molecule has 1 aromatic heterocycles. The fraction of sp³-hybridized carbons (Fsp3) is 0.148. The first-order valence-electron chi connectivity index (χ1n) is 10.1. The van der Waals surface area contributed by atoms with Crippen molar-refractivity contribution in [2.24, 2.45) is 0 Å². The zero-order valence-electron chi connectivity index (χ0n) is 18.2. The molecular weight excluding hydrogens is 386 g/mol. The van der Waals surface area contributed by atoms with E-state index in [1.165, 1.54) is 5.56 Å². The summed E-state index contributed by atoms with van der Waals surface area (Å²) >= 11 is 0. The molecule has 0 unspecified atom stereocenters. The van der Waals surface area contributed by atoms with E-state index in [0.29, 0.717) is 22.8 Å². The highest BCUT2D eigenvalue weighted by atomic mass is 16.5. The first-order chi connectivity index (χ1) is 15.0. The molecule has 0 saturated carbocycles. The Morgan fingerprint density at radius 1 is 0.742 bits per heavy atom. The monoisotopic (exact) mass is 411 g/mol. The predicted octanol–water partition coefficient (Wildman–Crippen LogP) is 6.21. The van der Waals surface area contributed by atoms with Crippen molar-refractivity contribution in [2.75, 3.05) is 14.2 Å². The molecule has 31 heavy (non-hydrogen) atoms. The molecule has 4 nitrogen and oxygen atoms in total. The standard InChI is InChI=1S/C27H25NO3/c1-17-8-12-19(13-9-17)21-16-22(20-14-10-18(2)11-15-20)28-26(21)27(29)25-23(30-3)6-5-7-24(25)31-4/h5-16,28H,1-4H3. The number of aromatic nitrogens is 1. The van der Waals surface area contributed by atoms with E-state index in [-0.39, 0.29) is 5.78 Å². The maximum atomic E-state index is 13.8. The maximum absolute atomic E-state index is 13.8. The van der Waals surface area contributed by atoms with Crippen molar-refractivity contribution in [1.82, 2.24) is 4.98 Å². The van der Waals surface area contributed by atoms with Crippen LogP contribution in [0, 0.1) is 13.8 Å². The van der Waals surface area contributed by atoms with E-state index in [1.807, 2.05) is 43.3 Å². The third-order valence-electron chi connectivity index (χ3n) is 5.42. The molecule has 0 bridgehead atoms. The summed E-state index contributed by atoms with van der Waals surface area (Å²) in [6.07, 6.45) is 0. The quantitative estimate of drug-likeness (QED) is 0.384. The normalized spacial score (nSPS) is 10.7. The van der Waals surface area contributed by atoms with Crippen LogP contribution in [0.2, 0.25) is 0 Å². The lowest BCUT2D eigenvalue weighted by Crippen LogP contribution is -2.08. The second-order valence-electron chi connectivity index (χ2n) is 7.57. The van der Waals surface area contributed by atoms with Gasteiger partial charge in [-0.05, 0) is 43.2 Å². The van der Waals surface area contributed by atoms with Gasteiger partial charge in [0, 0.05) is 11.3 Å². The van der Waals surface area contributed by atoms with Crippen LogP contribution in [0.5, 0.6) is 11.5 Å². The van der Waals surface area contributed by atoms with Gasteiger partial charge in [0.15, 0.2) is 0 Å². The Morgan fingerprint density at radius 3 is 1.77 bits per heavy atom. The van der Waals surface area contributed by atoms with Gasteiger partial charge in [0.1, 0.15) is 17.1 Å². The maximum Gasteiger partial charge on any atom is 0.217 e. The number of nitrogens with one attached hydrogen (secondary N) is 1. The zero-order chi connectivity index (χ0) is 22.0. The number of aromatic amines is 1. The first-order valence-corrected chi connectivity index (χ1v) is 10.1. The van der Waals surface area contributed by atoms with Crippen molar-refractivity contribution in [2.45, 2.75) is 13.8 Å². The van der Waals surface area contributed by atoms with Crippen molar-refractivity contribution >= 4 is 5.78 Å². The van der Waals surface area contributed by atoms with Crippen LogP contribution in [0.25, 0.3) is 22.4 Å². The van der Waals surface area contributed by atoms with Crippen molar-refractivity contribution < 1.29 is 14.3 Å². The van der Waals surface area contributed by atoms with Gasteiger partial charge in [-0.1, -0.05) is 65.7 Å². The molecule has 0 amide bonds. The molecule has 4 aromatic rings. The molecule has 4 heteroatoms. The third-order valence-corrected chi connectivity index (χ3v) is 5.42. The van der Waals surface area contributed by atoms with Crippen LogP contribution in [-0.4, -0.2) is 25.0 Å². The Bertz CT molecular complexity index is 1200. The number of ether oxygens (including phenoxy) is 2. The molecule has 0 fully saturated rings. The van der Waals surface area contributed by atoms with E-state index in [1.54, 1.807) is 26.4 Å². The van der Waals surface area contributed by atoms with Crippen molar-refractivity contribution in [3.63, 3.8) is 0 Å². The van der Waals surface area contributed by atoms with Crippen LogP contribution < -0.4 is 9.47 Å². The number of methoxy groups -OCH3 is 2. The summed E-state index contributed by atoms with van der Waals surface area (Å²) in [5, 5.41) is 0. The molecule has 0 aliphatic carbocycles. The highest BCUT2D eigenvalue weighted by Gasteiger charge is 2.25. The number of hydrogen-bond acceptors (Lipinski definition) is 3. The fourth-order valence-electron chi connectivity index (χ4n) is 3.68. The summed E-state index contributed by atoms with van der Waals surface area (Å²) in [5.74, 6) is 0.777. The number of carbonyl (C=O) groups is 1. The number of carbonyl (C=O) groups excluding carboxylic acids is 1. The van der Waals surface area contributed by atoms with Gasteiger partial charge in [-0.25, -0.2) is 0 Å². The lowest BCUT2D eigenvalue weighted by molar-refractivity contribution is 0.102.